The molecule has 0 amide bonds. The summed E-state index contributed by atoms with van der Waals surface area (Å²) in [5, 5.41) is 0. The number of hydrogen-bond donors (Lipinski definition) is 0. The topological polar surface area (TPSA) is 9.23 Å². The summed E-state index contributed by atoms with van der Waals surface area (Å²) in [6.07, 6.45) is 5.23. The molecule has 0 aromatic heterocycles. The summed E-state index contributed by atoms with van der Waals surface area (Å²) in [6.45, 7) is 2.78. The first-order chi connectivity index (χ1) is 4.34. The molecule has 0 saturated heterocycles. The van der Waals surface area contributed by atoms with Gasteiger partial charge in [-0.25, -0.2) is 0 Å². The van der Waals surface area contributed by atoms with E-state index in [1.807, 2.05) is 13.0 Å². The van der Waals surface area contributed by atoms with Crippen molar-refractivity contribution in [2.45, 2.75) is 13.3 Å². The number of hydrogen-bond acceptors (Lipinski definition) is 1. The molecule has 0 atom stereocenters. The molecule has 0 heterocycles. The maximum Gasteiger partial charge on any atom is -1.00 e. The molecule has 11 heavy (non-hydrogen) atoms. The molecule has 0 aliphatic heterocycles. The summed E-state index contributed by atoms with van der Waals surface area (Å²) in [4.78, 5) is 0. The van der Waals surface area contributed by atoms with Crippen molar-refractivity contribution in [1.29, 1.82) is 0 Å². The normalized spacial score (nSPS) is 14.1. The largest absolute Gasteiger partial charge is 1.00 e. The molecule has 1 aliphatic rings. The molecular weight excluding hydrogens is 219 g/mol. The van der Waals surface area contributed by atoms with Gasteiger partial charge in [-0.15, -0.1) is 0 Å². The predicted octanol–water partition coefficient (Wildman–Crippen LogP) is -4.25. The molecular formula is C7H9Cl2OTi. The Bertz CT molecular complexity index is 166. The third-order valence-electron chi connectivity index (χ3n) is 1.19. The van der Waals surface area contributed by atoms with Crippen molar-refractivity contribution in [2.24, 2.45) is 0 Å². The van der Waals surface area contributed by atoms with Crippen molar-refractivity contribution in [3.63, 3.8) is 0 Å². The molecule has 0 aromatic carbocycles. The van der Waals surface area contributed by atoms with Gasteiger partial charge < -0.3 is 24.8 Å². The average molecular weight is 228 g/mol. The van der Waals surface area contributed by atoms with Crippen LogP contribution in [0.3, 0.4) is 0 Å². The van der Waals surface area contributed by atoms with Gasteiger partial charge in [0.25, 0.3) is 0 Å². The van der Waals surface area contributed by atoms with Gasteiger partial charge in [-0.05, 0) is 0 Å². The first-order valence-electron chi connectivity index (χ1n) is 3.08. The fourth-order valence-electron chi connectivity index (χ4n) is 0.776. The van der Waals surface area contributed by atoms with Crippen LogP contribution < -0.4 is 24.8 Å². The van der Waals surface area contributed by atoms with Crippen LogP contribution in [0.5, 0.6) is 0 Å². The molecule has 1 aliphatic carbocycles. The van der Waals surface area contributed by atoms with E-state index >= 15 is 0 Å². The summed E-state index contributed by atoms with van der Waals surface area (Å²) in [5.74, 6) is 1.07. The van der Waals surface area contributed by atoms with Gasteiger partial charge in [0.05, 0.1) is 0 Å². The monoisotopic (exact) mass is 227 g/mol. The fraction of sp³-hybridized carbons (Fsp3) is 0.429. The number of rotatable bonds is 2. The maximum atomic E-state index is 5.31. The zero-order valence-corrected chi connectivity index (χ0v) is 9.31. The van der Waals surface area contributed by atoms with Crippen LogP contribution in [0.4, 0.5) is 0 Å². The molecule has 0 bridgehead atoms. The summed E-state index contributed by atoms with van der Waals surface area (Å²) < 4.78 is 6.65. The minimum atomic E-state index is 0. The van der Waals surface area contributed by atoms with Crippen LogP contribution in [0.2, 0.25) is 0 Å². The average Bonchev–Trinajstić information content (AvgIpc) is 2.18. The minimum Gasteiger partial charge on any atom is -1.00 e. The van der Waals surface area contributed by atoms with E-state index in [1.54, 1.807) is 0 Å². The smallest absolute Gasteiger partial charge is 1.00 e. The molecule has 0 spiro atoms. The Kier molecular flexibility index (Phi) is 9.29. The molecule has 4 heteroatoms. The summed E-state index contributed by atoms with van der Waals surface area (Å²) in [5.41, 5.74) is 0. The summed E-state index contributed by atoms with van der Waals surface area (Å²) in [6, 6.07) is 0. The Balaban J connectivity index is 0. The van der Waals surface area contributed by atoms with Crippen LogP contribution >= 0.6 is 0 Å². The van der Waals surface area contributed by atoms with Gasteiger partial charge in [0.15, 0.2) is 0 Å². The van der Waals surface area contributed by atoms with E-state index < -0.39 is 0 Å². The van der Waals surface area contributed by atoms with Gasteiger partial charge in [-0.3, -0.25) is 0 Å². The molecule has 61 valence electrons. The van der Waals surface area contributed by atoms with E-state index in [0.29, 0.717) is 0 Å². The molecule has 0 N–H and O–H groups in total. The number of halogens is 2. The second kappa shape index (κ2) is 7.24. The summed E-state index contributed by atoms with van der Waals surface area (Å²) in [7, 11) is 0. The SMILES string of the molecule is CCOC1=[C]([Ti+2])CC=C1.[Cl-].[Cl-]. The number of allylic oxidation sites excluding steroid dienone is 3. The Morgan fingerprint density at radius 3 is 2.55 bits per heavy atom. The molecule has 0 saturated carbocycles. The summed E-state index contributed by atoms with van der Waals surface area (Å²) >= 11 is 2.10. The van der Waals surface area contributed by atoms with Crippen molar-refractivity contribution < 1.29 is 50.0 Å². The van der Waals surface area contributed by atoms with Gasteiger partial charge in [0.1, 0.15) is 0 Å². The molecule has 0 aromatic rings. The van der Waals surface area contributed by atoms with Gasteiger partial charge in [0.2, 0.25) is 0 Å². The molecule has 0 radical (unpaired) electrons. The Labute approximate surface area is 91.5 Å². The van der Waals surface area contributed by atoms with Gasteiger partial charge in [0, 0.05) is 0 Å². The van der Waals surface area contributed by atoms with Gasteiger partial charge in [-0.1, -0.05) is 0 Å². The quantitative estimate of drug-likeness (QED) is 0.435. The molecule has 0 fully saturated rings. The first kappa shape index (κ1) is 14.1. The van der Waals surface area contributed by atoms with Crippen LogP contribution in [-0.4, -0.2) is 6.61 Å². The second-order valence-corrected chi connectivity index (χ2v) is 2.82. The van der Waals surface area contributed by atoms with E-state index in [1.165, 1.54) is 3.88 Å². The molecule has 1 rings (SSSR count). The van der Waals surface area contributed by atoms with Crippen molar-refractivity contribution in [3.8, 4) is 0 Å². The fourth-order valence-corrected chi connectivity index (χ4v) is 1.20. The van der Waals surface area contributed by atoms with Crippen molar-refractivity contribution in [1.82, 2.24) is 0 Å². The van der Waals surface area contributed by atoms with Crippen LogP contribution in [-0.2, 0) is 25.2 Å². The third-order valence-corrected chi connectivity index (χ3v) is 1.89. The first-order valence-corrected chi connectivity index (χ1v) is 3.86. The zero-order chi connectivity index (χ0) is 6.69. The molecule has 1 nitrogen and oxygen atoms in total. The van der Waals surface area contributed by atoms with E-state index in [9.17, 15) is 0 Å². The van der Waals surface area contributed by atoms with Gasteiger partial charge >= 0.3 is 66.9 Å². The number of ether oxygens (including phenoxy) is 1. The minimum absolute atomic E-state index is 0. The van der Waals surface area contributed by atoms with Crippen LogP contribution in [0.15, 0.2) is 21.8 Å². The second-order valence-electron chi connectivity index (χ2n) is 1.88. The predicted molar refractivity (Wildman–Crippen MR) is 32.4 cm³/mol. The standard InChI is InChI=1S/C7H9O.2ClH.Ti/c1-2-8-7-5-3-4-6-7;;;/h3,5H,2,4H2,1H3;2*1H;/q;;;+2/p-2. The Morgan fingerprint density at radius 1 is 1.55 bits per heavy atom. The van der Waals surface area contributed by atoms with Crippen LogP contribution in [0.1, 0.15) is 13.3 Å². The van der Waals surface area contributed by atoms with Gasteiger partial charge in [-0.2, -0.15) is 0 Å². The van der Waals surface area contributed by atoms with E-state index in [0.717, 1.165) is 18.8 Å². The van der Waals surface area contributed by atoms with Crippen molar-refractivity contribution in [3.05, 3.63) is 21.8 Å². The molecule has 0 unspecified atom stereocenters. The van der Waals surface area contributed by atoms with Crippen molar-refractivity contribution >= 4 is 0 Å². The van der Waals surface area contributed by atoms with E-state index in [2.05, 4.69) is 26.5 Å². The van der Waals surface area contributed by atoms with Crippen LogP contribution in [0.25, 0.3) is 0 Å². The van der Waals surface area contributed by atoms with E-state index in [4.69, 9.17) is 4.74 Å². The van der Waals surface area contributed by atoms with Crippen molar-refractivity contribution in [2.75, 3.05) is 6.61 Å². The maximum absolute atomic E-state index is 5.31. The third kappa shape index (κ3) is 4.22. The Morgan fingerprint density at radius 2 is 2.18 bits per heavy atom. The Hall–Kier alpha value is 0.574. The van der Waals surface area contributed by atoms with Crippen LogP contribution in [0, 0.1) is 0 Å². The van der Waals surface area contributed by atoms with E-state index in [-0.39, 0.29) is 24.8 Å². The zero-order valence-electron chi connectivity index (χ0n) is 6.23.